The Balaban J connectivity index is 1.53. The van der Waals surface area contributed by atoms with Crippen LogP contribution in [0.5, 0.6) is 5.75 Å². The zero-order valence-electron chi connectivity index (χ0n) is 13.8. The Morgan fingerprint density at radius 1 is 0.917 bits per heavy atom. The average molecular weight is 325 g/mol. The molecule has 1 aromatic heterocycles. The number of ether oxygens (including phenoxy) is 1. The summed E-state index contributed by atoms with van der Waals surface area (Å²) in [6, 6.07) is 14.4. The normalized spacial score (nSPS) is 11.2. The first kappa shape index (κ1) is 16.4. The van der Waals surface area contributed by atoms with Crippen LogP contribution in [0.15, 0.2) is 42.5 Å². The summed E-state index contributed by atoms with van der Waals surface area (Å²) in [4.78, 5) is 13.9. The molecule has 2 aromatic carbocycles. The number of nitrogens with one attached hydrogen (secondary N) is 1. The van der Waals surface area contributed by atoms with Gasteiger partial charge >= 0.3 is 5.97 Å². The van der Waals surface area contributed by atoms with E-state index in [1.54, 1.807) is 0 Å². The van der Waals surface area contributed by atoms with Crippen molar-refractivity contribution in [2.45, 2.75) is 38.5 Å². The predicted octanol–water partition coefficient (Wildman–Crippen LogP) is 5.13. The second kappa shape index (κ2) is 7.86. The number of aromatic amines is 1. The third-order valence-corrected chi connectivity index (χ3v) is 4.28. The van der Waals surface area contributed by atoms with Crippen LogP contribution in [-0.2, 0) is 4.79 Å². The third-order valence-electron chi connectivity index (χ3n) is 4.28. The van der Waals surface area contributed by atoms with Gasteiger partial charge in [0, 0.05) is 22.7 Å². The predicted molar refractivity (Wildman–Crippen MR) is 96.6 cm³/mol. The number of rotatable bonds is 9. The summed E-state index contributed by atoms with van der Waals surface area (Å²) in [5.74, 6) is 0.223. The maximum Gasteiger partial charge on any atom is 0.303 e. The molecule has 3 rings (SSSR count). The molecule has 0 saturated heterocycles. The summed E-state index contributed by atoms with van der Waals surface area (Å²) in [7, 11) is 0. The number of benzene rings is 2. The largest absolute Gasteiger partial charge is 0.493 e. The highest BCUT2D eigenvalue weighted by Gasteiger charge is 2.08. The Kier molecular flexibility index (Phi) is 5.36. The number of unbranched alkanes of at least 4 members (excludes halogenated alkanes) is 4. The summed E-state index contributed by atoms with van der Waals surface area (Å²) in [5.41, 5.74) is 2.23. The number of H-pyrrole nitrogens is 1. The van der Waals surface area contributed by atoms with Crippen molar-refractivity contribution in [1.29, 1.82) is 0 Å². The Bertz CT molecular complexity index is 822. The fraction of sp³-hybridized carbons (Fsp3) is 0.350. The van der Waals surface area contributed by atoms with Crippen molar-refractivity contribution in [3.8, 4) is 5.75 Å². The summed E-state index contributed by atoms with van der Waals surface area (Å²) in [6.07, 6.45) is 5.15. The zero-order valence-corrected chi connectivity index (χ0v) is 13.8. The van der Waals surface area contributed by atoms with Gasteiger partial charge in [-0.1, -0.05) is 43.5 Å². The number of aromatic nitrogens is 1. The van der Waals surface area contributed by atoms with Gasteiger partial charge in [-0.2, -0.15) is 0 Å². The zero-order chi connectivity index (χ0) is 16.8. The highest BCUT2D eigenvalue weighted by Crippen LogP contribution is 2.33. The standard InChI is InChI=1S/C20H23NO3/c22-19(23)13-4-2-1-3-7-14-24-18-12-8-11-17-20(18)15-9-5-6-10-16(15)21-17/h5-6,8-12,21H,1-4,7,13-14H2,(H,22,23). The lowest BCUT2D eigenvalue weighted by atomic mass is 10.1. The molecule has 0 amide bonds. The van der Waals surface area contributed by atoms with E-state index in [0.29, 0.717) is 6.61 Å². The van der Waals surface area contributed by atoms with Gasteiger partial charge in [-0.3, -0.25) is 4.79 Å². The van der Waals surface area contributed by atoms with Gasteiger partial charge in [0.05, 0.1) is 12.1 Å². The maximum atomic E-state index is 10.4. The van der Waals surface area contributed by atoms with Crippen LogP contribution in [0.2, 0.25) is 0 Å². The average Bonchev–Trinajstić information content (AvgIpc) is 2.96. The molecule has 0 spiro atoms. The second-order valence-corrected chi connectivity index (χ2v) is 6.11. The fourth-order valence-corrected chi connectivity index (χ4v) is 3.08. The number of carbonyl (C=O) groups is 1. The van der Waals surface area contributed by atoms with Gasteiger partial charge in [-0.05, 0) is 31.0 Å². The van der Waals surface area contributed by atoms with Gasteiger partial charge in [0.25, 0.3) is 0 Å². The van der Waals surface area contributed by atoms with E-state index in [1.165, 1.54) is 5.39 Å². The Labute approximate surface area is 141 Å². The second-order valence-electron chi connectivity index (χ2n) is 6.11. The van der Waals surface area contributed by atoms with E-state index in [1.807, 2.05) is 24.3 Å². The first-order chi connectivity index (χ1) is 11.8. The summed E-state index contributed by atoms with van der Waals surface area (Å²) in [6.45, 7) is 0.692. The van der Waals surface area contributed by atoms with Gasteiger partial charge in [0.2, 0.25) is 0 Å². The molecular formula is C20H23NO3. The monoisotopic (exact) mass is 325 g/mol. The molecule has 1 heterocycles. The molecule has 0 aliphatic rings. The number of para-hydroxylation sites is 1. The van der Waals surface area contributed by atoms with Crippen LogP contribution in [0.1, 0.15) is 38.5 Å². The van der Waals surface area contributed by atoms with Crippen molar-refractivity contribution in [1.82, 2.24) is 4.98 Å². The molecule has 0 unspecified atom stereocenters. The van der Waals surface area contributed by atoms with Gasteiger partial charge < -0.3 is 14.8 Å². The number of hydrogen-bond donors (Lipinski definition) is 2. The lowest BCUT2D eigenvalue weighted by Crippen LogP contribution is -1.98. The van der Waals surface area contributed by atoms with E-state index in [2.05, 4.69) is 23.2 Å². The van der Waals surface area contributed by atoms with E-state index in [9.17, 15) is 4.79 Å². The molecule has 0 radical (unpaired) electrons. The summed E-state index contributed by atoms with van der Waals surface area (Å²) >= 11 is 0. The minimum absolute atomic E-state index is 0.277. The molecule has 0 fully saturated rings. The van der Waals surface area contributed by atoms with E-state index in [4.69, 9.17) is 9.84 Å². The van der Waals surface area contributed by atoms with Crippen LogP contribution in [0.25, 0.3) is 21.8 Å². The molecular weight excluding hydrogens is 302 g/mol. The minimum atomic E-state index is -0.704. The highest BCUT2D eigenvalue weighted by molar-refractivity contribution is 6.10. The molecule has 0 aliphatic heterocycles. The Hall–Kier alpha value is -2.49. The fourth-order valence-electron chi connectivity index (χ4n) is 3.08. The first-order valence-corrected chi connectivity index (χ1v) is 8.60. The Morgan fingerprint density at radius 3 is 2.54 bits per heavy atom. The van der Waals surface area contributed by atoms with Crippen LogP contribution in [0, 0.1) is 0 Å². The third kappa shape index (κ3) is 3.88. The van der Waals surface area contributed by atoms with Gasteiger partial charge in [0.1, 0.15) is 5.75 Å². The molecule has 4 heteroatoms. The lowest BCUT2D eigenvalue weighted by molar-refractivity contribution is -0.137. The minimum Gasteiger partial charge on any atom is -0.493 e. The van der Waals surface area contributed by atoms with Crippen molar-refractivity contribution in [2.75, 3.05) is 6.61 Å². The van der Waals surface area contributed by atoms with E-state index in [0.717, 1.165) is 54.3 Å². The number of fused-ring (bicyclic) bond motifs is 3. The topological polar surface area (TPSA) is 62.3 Å². The van der Waals surface area contributed by atoms with Crippen LogP contribution < -0.4 is 4.74 Å². The highest BCUT2D eigenvalue weighted by atomic mass is 16.5. The van der Waals surface area contributed by atoms with Crippen LogP contribution >= 0.6 is 0 Å². The quantitative estimate of drug-likeness (QED) is 0.536. The van der Waals surface area contributed by atoms with E-state index in [-0.39, 0.29) is 6.42 Å². The molecule has 2 N–H and O–H groups in total. The van der Waals surface area contributed by atoms with Gasteiger partial charge in [-0.15, -0.1) is 0 Å². The van der Waals surface area contributed by atoms with Crippen LogP contribution in [-0.4, -0.2) is 22.7 Å². The molecule has 0 saturated carbocycles. The van der Waals surface area contributed by atoms with Crippen molar-refractivity contribution < 1.29 is 14.6 Å². The van der Waals surface area contributed by atoms with Crippen LogP contribution in [0.3, 0.4) is 0 Å². The summed E-state index contributed by atoms with van der Waals surface area (Å²) in [5, 5.41) is 10.9. The van der Waals surface area contributed by atoms with Crippen molar-refractivity contribution in [3.63, 3.8) is 0 Å². The van der Waals surface area contributed by atoms with Gasteiger partial charge in [-0.25, -0.2) is 0 Å². The summed E-state index contributed by atoms with van der Waals surface area (Å²) < 4.78 is 6.02. The first-order valence-electron chi connectivity index (χ1n) is 8.60. The SMILES string of the molecule is O=C(O)CCCCCCCOc1cccc2[nH]c3ccccc3c12. The molecule has 3 aromatic rings. The number of carboxylic acids is 1. The molecule has 126 valence electrons. The van der Waals surface area contributed by atoms with E-state index >= 15 is 0 Å². The molecule has 24 heavy (non-hydrogen) atoms. The van der Waals surface area contributed by atoms with Gasteiger partial charge in [0.15, 0.2) is 0 Å². The van der Waals surface area contributed by atoms with E-state index < -0.39 is 5.97 Å². The molecule has 0 aliphatic carbocycles. The number of carboxylic acid groups (broad SMARTS) is 1. The van der Waals surface area contributed by atoms with Crippen molar-refractivity contribution in [3.05, 3.63) is 42.5 Å². The maximum absolute atomic E-state index is 10.4. The Morgan fingerprint density at radius 2 is 1.67 bits per heavy atom. The van der Waals surface area contributed by atoms with Crippen molar-refractivity contribution in [2.24, 2.45) is 0 Å². The smallest absolute Gasteiger partial charge is 0.303 e. The van der Waals surface area contributed by atoms with Crippen LogP contribution in [0.4, 0.5) is 0 Å². The molecule has 0 atom stereocenters. The van der Waals surface area contributed by atoms with Crippen molar-refractivity contribution >= 4 is 27.8 Å². The number of aliphatic carboxylic acids is 1. The lowest BCUT2D eigenvalue weighted by Gasteiger charge is -2.08. The molecule has 4 nitrogen and oxygen atoms in total. The molecule has 0 bridgehead atoms. The number of hydrogen-bond acceptors (Lipinski definition) is 2.